The molecule has 0 radical (unpaired) electrons. The van der Waals surface area contributed by atoms with Gasteiger partial charge in [-0.15, -0.1) is 15.8 Å². The summed E-state index contributed by atoms with van der Waals surface area (Å²) in [6.45, 7) is 1.08. The van der Waals surface area contributed by atoms with Gasteiger partial charge in [0, 0.05) is 27.3 Å². The molecule has 0 aromatic heterocycles. The number of carboxylic acids is 1. The number of aliphatic carboxylic acids is 1. The van der Waals surface area contributed by atoms with Crippen molar-refractivity contribution in [2.45, 2.75) is 163 Å². The molecule has 0 aromatic carbocycles. The molecule has 5 N–H and O–H groups in total. The molecule has 4 rings (SSSR count). The first-order valence-electron chi connectivity index (χ1n) is 21.0. The molecule has 4 saturated carbocycles. The van der Waals surface area contributed by atoms with Crippen LogP contribution < -0.4 is 0 Å². The van der Waals surface area contributed by atoms with Crippen LogP contribution in [0.25, 0.3) is 0 Å². The number of carboxylic acid groups (broad SMARTS) is 1. The van der Waals surface area contributed by atoms with Crippen LogP contribution in [-0.2, 0) is 65.7 Å². The third kappa shape index (κ3) is 21.3. The molecular formula is C37H70O14P2PdS4. The minimum absolute atomic E-state index is 0. The van der Waals surface area contributed by atoms with Gasteiger partial charge in [-0.3, -0.25) is 23.0 Å². The van der Waals surface area contributed by atoms with Crippen LogP contribution >= 0.6 is 15.8 Å². The number of hydrogen-bond donors (Lipinski definition) is 5. The molecule has 21 heteroatoms. The Hall–Kier alpha value is 0.632. The van der Waals surface area contributed by atoms with E-state index in [-0.39, 0.29) is 36.3 Å². The molecule has 8 unspecified atom stereocenters. The van der Waals surface area contributed by atoms with Crippen molar-refractivity contribution in [1.82, 2.24) is 0 Å². The Balaban J connectivity index is 0.00000221. The van der Waals surface area contributed by atoms with E-state index in [0.717, 1.165) is 127 Å². The summed E-state index contributed by atoms with van der Waals surface area (Å²) in [5.74, 6) is 0.455. The van der Waals surface area contributed by atoms with Crippen LogP contribution in [0.1, 0.15) is 142 Å². The summed E-state index contributed by atoms with van der Waals surface area (Å²) in [7, 11) is -16.5. The second kappa shape index (κ2) is 25.8. The molecule has 0 aromatic rings. The number of carbonyl (C=O) groups is 1. The Kier molecular flexibility index (Phi) is 24.4. The van der Waals surface area contributed by atoms with E-state index < -0.39 is 67.4 Å². The molecule has 0 bridgehead atoms. The van der Waals surface area contributed by atoms with Gasteiger partial charge < -0.3 is 5.11 Å². The predicted octanol–water partition coefficient (Wildman–Crippen LogP) is 7.78. The zero-order valence-electron chi connectivity index (χ0n) is 34.0. The summed E-state index contributed by atoms with van der Waals surface area (Å²) >= 11 is 0. The molecule has 0 aliphatic heterocycles. The van der Waals surface area contributed by atoms with E-state index in [2.05, 4.69) is 0 Å². The Morgan fingerprint density at radius 1 is 0.431 bits per heavy atom. The van der Waals surface area contributed by atoms with Gasteiger partial charge >= 0.3 is 0 Å². The average Bonchev–Trinajstić information content (AvgIpc) is 3.90. The summed E-state index contributed by atoms with van der Waals surface area (Å²) in [6.07, 6.45) is 23.5. The maximum atomic E-state index is 11.7. The van der Waals surface area contributed by atoms with E-state index in [0.29, 0.717) is 75.0 Å². The van der Waals surface area contributed by atoms with Crippen LogP contribution in [0.4, 0.5) is 0 Å². The fraction of sp³-hybridized carbons (Fsp3) is 0.973. The number of hydrogen-bond acceptors (Lipinski definition) is 9. The molecule has 4 aliphatic rings. The van der Waals surface area contributed by atoms with Gasteiger partial charge in [0.1, 0.15) is 0 Å². The fourth-order valence-corrected chi connectivity index (χ4v) is 19.0. The molecule has 0 amide bonds. The maximum Gasteiger partial charge on any atom is 0.300 e. The zero-order chi connectivity index (χ0) is 42.4. The van der Waals surface area contributed by atoms with Crippen molar-refractivity contribution in [2.24, 2.45) is 23.7 Å². The quantitative estimate of drug-likeness (QED) is 0.0352. The molecule has 4 aliphatic carbocycles. The van der Waals surface area contributed by atoms with Crippen molar-refractivity contribution in [3.8, 4) is 0 Å². The molecular weight excluding hydrogens is 965 g/mol. The molecule has 0 heterocycles. The minimum atomic E-state index is -3.99. The van der Waals surface area contributed by atoms with Crippen LogP contribution in [0.2, 0.25) is 0 Å². The van der Waals surface area contributed by atoms with Crippen molar-refractivity contribution in [2.75, 3.05) is 37.0 Å². The molecule has 346 valence electrons. The van der Waals surface area contributed by atoms with Crippen LogP contribution in [0.3, 0.4) is 0 Å². The minimum Gasteiger partial charge on any atom is -0.481 e. The topological polar surface area (TPSA) is 255 Å². The van der Waals surface area contributed by atoms with E-state index in [1.807, 2.05) is 0 Å². The summed E-state index contributed by atoms with van der Waals surface area (Å²) < 4.78 is 131. The molecule has 0 spiro atoms. The van der Waals surface area contributed by atoms with E-state index in [1.54, 1.807) is 0 Å². The van der Waals surface area contributed by atoms with Crippen molar-refractivity contribution in [3.05, 3.63) is 0 Å². The summed E-state index contributed by atoms with van der Waals surface area (Å²) in [4.78, 5) is 9.00. The van der Waals surface area contributed by atoms with Crippen molar-refractivity contribution < 1.29 is 82.2 Å². The van der Waals surface area contributed by atoms with Gasteiger partial charge in [0.25, 0.3) is 46.4 Å². The van der Waals surface area contributed by atoms with Crippen LogP contribution in [-0.4, -0.2) is 121 Å². The Labute approximate surface area is 365 Å². The van der Waals surface area contributed by atoms with Crippen molar-refractivity contribution in [3.63, 3.8) is 0 Å². The first-order chi connectivity index (χ1) is 26.5. The fourth-order valence-electron chi connectivity index (χ4n) is 9.85. The normalized spacial score (nSPS) is 29.1. The van der Waals surface area contributed by atoms with Crippen LogP contribution in [0.15, 0.2) is 0 Å². The molecule has 58 heavy (non-hydrogen) atoms. The molecule has 8 atom stereocenters. The summed E-state index contributed by atoms with van der Waals surface area (Å²) in [6, 6.07) is 0. The Morgan fingerprint density at radius 2 is 0.621 bits per heavy atom. The van der Waals surface area contributed by atoms with Gasteiger partial charge in [0.15, 0.2) is 0 Å². The van der Waals surface area contributed by atoms with Gasteiger partial charge in [-0.25, -0.2) is 0 Å². The van der Waals surface area contributed by atoms with Gasteiger partial charge in [0.2, 0.25) is 0 Å². The monoisotopic (exact) mass is 1030 g/mol. The third-order valence-electron chi connectivity index (χ3n) is 13.0. The van der Waals surface area contributed by atoms with Crippen LogP contribution in [0, 0.1) is 23.7 Å². The van der Waals surface area contributed by atoms with E-state index >= 15 is 0 Å². The smallest absolute Gasteiger partial charge is 0.300 e. The van der Waals surface area contributed by atoms with Gasteiger partial charge in [0.05, 0.1) is 21.0 Å². The third-order valence-corrected chi connectivity index (χ3v) is 23.7. The van der Waals surface area contributed by atoms with Crippen LogP contribution in [0.5, 0.6) is 0 Å². The zero-order valence-corrected chi connectivity index (χ0v) is 40.6. The maximum absolute atomic E-state index is 11.7. The summed E-state index contributed by atoms with van der Waals surface area (Å²) in [5.41, 5.74) is 0. The van der Waals surface area contributed by atoms with Gasteiger partial charge in [-0.2, -0.15) is 33.7 Å². The predicted molar refractivity (Wildman–Crippen MR) is 229 cm³/mol. The first-order valence-corrected chi connectivity index (χ1v) is 30.8. The Bertz CT molecular complexity index is 1450. The van der Waals surface area contributed by atoms with Gasteiger partial charge in [-0.1, -0.05) is 25.7 Å². The first kappa shape index (κ1) is 54.8. The second-order valence-electron chi connectivity index (χ2n) is 17.4. The average molecular weight is 1040 g/mol. The SMILES string of the molecule is CC(=O)O.O=S(=O)(O)C1CCC(CCCP(CCCC2CCC(S(=O)(=O)O)C2)CCCP(CCCC2CCC(S(=O)(=O)O)C2)CCCC2CCC(S(=O)(=O)O)C2)C1.[Pd]. The van der Waals surface area contributed by atoms with Crippen molar-refractivity contribution >= 4 is 62.3 Å². The van der Waals surface area contributed by atoms with Gasteiger partial charge in [-0.05, 0) is 170 Å². The summed E-state index contributed by atoms with van der Waals surface area (Å²) in [5, 5.41) is 4.87. The molecule has 14 nitrogen and oxygen atoms in total. The van der Waals surface area contributed by atoms with E-state index in [9.17, 15) is 51.9 Å². The molecule has 0 saturated heterocycles. The van der Waals surface area contributed by atoms with Crippen molar-refractivity contribution in [1.29, 1.82) is 0 Å². The second-order valence-corrected chi connectivity index (χ2v) is 29.5. The van der Waals surface area contributed by atoms with E-state index in [1.165, 1.54) is 0 Å². The molecule has 4 fully saturated rings. The standard InChI is InChI=1S/C35H66O12P2S4.C2H4O2.Pd/c36-50(37,38)32-14-10-28(24-32)6-1-18-48(19-2-7-29-11-15-33(25-29)51(39,40)41)22-5-23-49(20-3-8-30-12-16-34(26-30)52(42,43)44)21-4-9-31-13-17-35(27-31)53(45,46)47;1-2(3)4;/h28-35H,1-27H2,(H,36,37,38)(H,39,40,41)(H,42,43,44)(H,45,46,47);1H3,(H,3,4);. The van der Waals surface area contributed by atoms with E-state index in [4.69, 9.17) is 9.90 Å². The Morgan fingerprint density at radius 3 is 0.793 bits per heavy atom. The largest absolute Gasteiger partial charge is 0.481 e. The number of rotatable bonds is 24.